The number of pyridine rings is 1. The molecule has 0 radical (unpaired) electrons. The van der Waals surface area contributed by atoms with E-state index in [0.717, 1.165) is 27.9 Å². The monoisotopic (exact) mass is 382 g/mol. The first kappa shape index (κ1) is 17.7. The van der Waals surface area contributed by atoms with Crippen molar-refractivity contribution in [3.05, 3.63) is 78.6 Å². The summed E-state index contributed by atoms with van der Waals surface area (Å²) in [5, 5.41) is 10.5. The van der Waals surface area contributed by atoms with Crippen LogP contribution in [-0.2, 0) is 11.3 Å². The van der Waals surface area contributed by atoms with Crippen LogP contribution in [0.4, 0.5) is 0 Å². The lowest BCUT2D eigenvalue weighted by Gasteiger charge is -2.12. The van der Waals surface area contributed by atoms with Crippen LogP contribution in [-0.4, -0.2) is 20.6 Å². The summed E-state index contributed by atoms with van der Waals surface area (Å²) >= 11 is 0. The van der Waals surface area contributed by atoms with E-state index in [1.165, 1.54) is 23.8 Å². The fourth-order valence-corrected chi connectivity index (χ4v) is 4.19. The van der Waals surface area contributed by atoms with Crippen molar-refractivity contribution >= 4 is 16.9 Å². The molecule has 2 heterocycles. The summed E-state index contributed by atoms with van der Waals surface area (Å²) < 4.78 is 2.17. The first-order chi connectivity index (χ1) is 14.2. The largest absolute Gasteiger partial charge is 0.481 e. The Hall–Kier alpha value is -3.40. The van der Waals surface area contributed by atoms with Gasteiger partial charge in [0.1, 0.15) is 0 Å². The van der Waals surface area contributed by atoms with Gasteiger partial charge in [-0.25, -0.2) is 0 Å². The SMILES string of the molecule is O=C(O)CCn1c(-c2ccccc2)c(-c2ccncc2)c2cc(C3CC3)ccc21. The number of carboxylic acids is 1. The Labute approximate surface area is 169 Å². The number of rotatable bonds is 6. The van der Waals surface area contributed by atoms with Gasteiger partial charge in [-0.2, -0.15) is 0 Å². The molecule has 0 atom stereocenters. The number of carbonyl (C=O) groups is 1. The third-order valence-electron chi connectivity index (χ3n) is 5.70. The van der Waals surface area contributed by atoms with Gasteiger partial charge in [0.2, 0.25) is 0 Å². The summed E-state index contributed by atoms with van der Waals surface area (Å²) in [6, 6.07) is 21.0. The fourth-order valence-electron chi connectivity index (χ4n) is 4.19. The maximum absolute atomic E-state index is 11.4. The lowest BCUT2D eigenvalue weighted by atomic mass is 9.97. The van der Waals surface area contributed by atoms with E-state index in [2.05, 4.69) is 39.9 Å². The maximum Gasteiger partial charge on any atom is 0.305 e. The molecule has 0 amide bonds. The van der Waals surface area contributed by atoms with Gasteiger partial charge in [0.25, 0.3) is 0 Å². The third kappa shape index (κ3) is 3.31. The maximum atomic E-state index is 11.4. The van der Waals surface area contributed by atoms with Gasteiger partial charge in [-0.1, -0.05) is 36.4 Å². The van der Waals surface area contributed by atoms with Crippen LogP contribution in [0.25, 0.3) is 33.3 Å². The van der Waals surface area contributed by atoms with Crippen molar-refractivity contribution in [1.82, 2.24) is 9.55 Å². The number of aromatic nitrogens is 2. The van der Waals surface area contributed by atoms with Gasteiger partial charge >= 0.3 is 5.97 Å². The number of nitrogens with zero attached hydrogens (tertiary/aromatic N) is 2. The van der Waals surface area contributed by atoms with E-state index in [-0.39, 0.29) is 6.42 Å². The highest BCUT2D eigenvalue weighted by Crippen LogP contribution is 2.45. The van der Waals surface area contributed by atoms with E-state index in [1.54, 1.807) is 0 Å². The number of fused-ring (bicyclic) bond motifs is 1. The number of aliphatic carboxylic acids is 1. The predicted octanol–water partition coefficient (Wildman–Crippen LogP) is 5.72. The molecule has 29 heavy (non-hydrogen) atoms. The van der Waals surface area contributed by atoms with E-state index >= 15 is 0 Å². The topological polar surface area (TPSA) is 55.1 Å². The lowest BCUT2D eigenvalue weighted by Crippen LogP contribution is -2.06. The second-order valence-electron chi connectivity index (χ2n) is 7.67. The van der Waals surface area contributed by atoms with Crippen LogP contribution in [0.5, 0.6) is 0 Å². The van der Waals surface area contributed by atoms with Gasteiger partial charge in [0.15, 0.2) is 0 Å². The zero-order valence-electron chi connectivity index (χ0n) is 16.1. The molecule has 4 heteroatoms. The Morgan fingerprint density at radius 3 is 2.45 bits per heavy atom. The van der Waals surface area contributed by atoms with Gasteiger partial charge in [-0.15, -0.1) is 0 Å². The summed E-state index contributed by atoms with van der Waals surface area (Å²) in [5.41, 5.74) is 6.88. The molecule has 0 spiro atoms. The van der Waals surface area contributed by atoms with E-state index < -0.39 is 5.97 Å². The normalized spacial score (nSPS) is 13.7. The third-order valence-corrected chi connectivity index (χ3v) is 5.70. The Kier molecular flexibility index (Phi) is 4.39. The molecule has 4 nitrogen and oxygen atoms in total. The quantitative estimate of drug-likeness (QED) is 0.464. The smallest absolute Gasteiger partial charge is 0.305 e. The Morgan fingerprint density at radius 2 is 1.76 bits per heavy atom. The Balaban J connectivity index is 1.83. The molecule has 0 bridgehead atoms. The van der Waals surface area contributed by atoms with Crippen LogP contribution >= 0.6 is 0 Å². The zero-order valence-corrected chi connectivity index (χ0v) is 16.1. The molecule has 0 saturated heterocycles. The molecule has 0 aliphatic heterocycles. The predicted molar refractivity (Wildman–Crippen MR) is 115 cm³/mol. The number of hydrogen-bond donors (Lipinski definition) is 1. The molecular weight excluding hydrogens is 360 g/mol. The first-order valence-corrected chi connectivity index (χ1v) is 10.1. The van der Waals surface area contributed by atoms with Crippen molar-refractivity contribution < 1.29 is 9.90 Å². The summed E-state index contributed by atoms with van der Waals surface area (Å²) in [6.45, 7) is 0.434. The van der Waals surface area contributed by atoms with Crippen molar-refractivity contribution in [3.8, 4) is 22.4 Å². The minimum Gasteiger partial charge on any atom is -0.481 e. The van der Waals surface area contributed by atoms with Crippen LogP contribution < -0.4 is 0 Å². The standard InChI is InChI=1S/C25H22N2O2/c28-23(29)12-15-27-22-9-8-20(17-6-7-17)16-21(22)24(18-10-13-26-14-11-18)25(27)19-4-2-1-3-5-19/h1-5,8-11,13-14,16-17H,6-7,12,15H2,(H,28,29). The molecule has 0 unspecified atom stereocenters. The summed E-state index contributed by atoms with van der Waals surface area (Å²) in [5.74, 6) is -0.127. The minimum atomic E-state index is -0.786. The molecular formula is C25H22N2O2. The second kappa shape index (κ2) is 7.21. The average molecular weight is 382 g/mol. The van der Waals surface area contributed by atoms with Gasteiger partial charge in [-0.05, 0) is 59.7 Å². The van der Waals surface area contributed by atoms with E-state index in [0.29, 0.717) is 12.5 Å². The fraction of sp³-hybridized carbons (Fsp3) is 0.200. The molecule has 144 valence electrons. The van der Waals surface area contributed by atoms with Crippen LogP contribution in [0.2, 0.25) is 0 Å². The Morgan fingerprint density at radius 1 is 1.00 bits per heavy atom. The lowest BCUT2D eigenvalue weighted by molar-refractivity contribution is -0.137. The number of hydrogen-bond acceptors (Lipinski definition) is 2. The number of benzene rings is 2. The Bertz CT molecular complexity index is 1180. The molecule has 1 N–H and O–H groups in total. The van der Waals surface area contributed by atoms with E-state index in [1.807, 2.05) is 42.7 Å². The number of aryl methyl sites for hydroxylation is 1. The highest BCUT2D eigenvalue weighted by molar-refractivity contribution is 6.05. The minimum absolute atomic E-state index is 0.0871. The molecule has 1 saturated carbocycles. The number of carboxylic acid groups (broad SMARTS) is 1. The van der Waals surface area contributed by atoms with E-state index in [4.69, 9.17) is 0 Å². The van der Waals surface area contributed by atoms with Crippen LogP contribution in [0.1, 0.15) is 30.7 Å². The van der Waals surface area contributed by atoms with Gasteiger partial charge < -0.3 is 9.67 Å². The molecule has 1 aliphatic rings. The molecule has 5 rings (SSSR count). The van der Waals surface area contributed by atoms with Crippen LogP contribution in [0.15, 0.2) is 73.1 Å². The van der Waals surface area contributed by atoms with Crippen molar-refractivity contribution in [2.24, 2.45) is 0 Å². The second-order valence-corrected chi connectivity index (χ2v) is 7.67. The van der Waals surface area contributed by atoms with Crippen molar-refractivity contribution in [1.29, 1.82) is 0 Å². The highest BCUT2D eigenvalue weighted by Gasteiger charge is 2.26. The average Bonchev–Trinajstić information content (AvgIpc) is 3.55. The van der Waals surface area contributed by atoms with Crippen molar-refractivity contribution in [2.45, 2.75) is 31.7 Å². The molecule has 2 aromatic carbocycles. The summed E-state index contributed by atoms with van der Waals surface area (Å²) in [6.07, 6.45) is 6.22. The van der Waals surface area contributed by atoms with E-state index in [9.17, 15) is 9.90 Å². The van der Waals surface area contributed by atoms with Crippen molar-refractivity contribution in [2.75, 3.05) is 0 Å². The van der Waals surface area contributed by atoms with Gasteiger partial charge in [0.05, 0.1) is 12.1 Å². The summed E-state index contributed by atoms with van der Waals surface area (Å²) in [7, 11) is 0. The van der Waals surface area contributed by atoms with Crippen LogP contribution in [0, 0.1) is 0 Å². The summed E-state index contributed by atoms with van der Waals surface area (Å²) in [4.78, 5) is 15.6. The molecule has 1 fully saturated rings. The molecule has 4 aromatic rings. The zero-order chi connectivity index (χ0) is 19.8. The van der Waals surface area contributed by atoms with Crippen molar-refractivity contribution in [3.63, 3.8) is 0 Å². The first-order valence-electron chi connectivity index (χ1n) is 10.1. The van der Waals surface area contributed by atoms with Crippen LogP contribution in [0.3, 0.4) is 0 Å². The van der Waals surface area contributed by atoms with Gasteiger partial charge in [-0.3, -0.25) is 9.78 Å². The highest BCUT2D eigenvalue weighted by atomic mass is 16.4. The van der Waals surface area contributed by atoms with Gasteiger partial charge in [0, 0.05) is 35.4 Å². The molecule has 1 aliphatic carbocycles. The molecule has 2 aromatic heterocycles.